The van der Waals surface area contributed by atoms with E-state index in [0.29, 0.717) is 28.5 Å². The summed E-state index contributed by atoms with van der Waals surface area (Å²) in [6.07, 6.45) is 1.46. The first-order valence-electron chi connectivity index (χ1n) is 5.77. The Morgan fingerprint density at radius 2 is 1.89 bits per heavy atom. The Kier molecular flexibility index (Phi) is 4.02. The molecule has 0 bridgehead atoms. The summed E-state index contributed by atoms with van der Waals surface area (Å²) in [6, 6.07) is 8.04. The zero-order valence-corrected chi connectivity index (χ0v) is 11.0. The van der Waals surface area contributed by atoms with Gasteiger partial charge in [0.2, 0.25) is 5.78 Å². The maximum atomic E-state index is 12.1. The van der Waals surface area contributed by atoms with Crippen LogP contribution >= 0.6 is 11.6 Å². The molecule has 0 saturated carbocycles. The topological polar surface area (TPSA) is 59.2 Å². The number of halogens is 1. The number of aromatic nitrogens is 1. The number of hydrogen-bond donors (Lipinski definition) is 1. The second kappa shape index (κ2) is 5.71. The van der Waals surface area contributed by atoms with Crippen LogP contribution in [0.3, 0.4) is 0 Å². The zero-order chi connectivity index (χ0) is 13.8. The minimum absolute atomic E-state index is 0.202. The van der Waals surface area contributed by atoms with Gasteiger partial charge >= 0.3 is 5.97 Å². The summed E-state index contributed by atoms with van der Waals surface area (Å²) in [5.74, 6) is -0.652. The van der Waals surface area contributed by atoms with Crippen molar-refractivity contribution >= 4 is 23.4 Å². The average Bonchev–Trinajstić information content (AvgIpc) is 2.89. The number of ether oxygens (including phenoxy) is 1. The molecule has 0 unspecified atom stereocenters. The van der Waals surface area contributed by atoms with Gasteiger partial charge in [0.1, 0.15) is 0 Å². The number of ketones is 1. The van der Waals surface area contributed by atoms with Crippen LogP contribution in [-0.2, 0) is 4.74 Å². The lowest BCUT2D eigenvalue weighted by Crippen LogP contribution is -2.03. The van der Waals surface area contributed by atoms with E-state index < -0.39 is 5.97 Å². The molecule has 0 aliphatic heterocycles. The van der Waals surface area contributed by atoms with Gasteiger partial charge in [-0.05, 0) is 37.3 Å². The molecule has 0 aliphatic carbocycles. The Labute approximate surface area is 115 Å². The molecule has 0 fully saturated rings. The van der Waals surface area contributed by atoms with Crippen LogP contribution in [0.2, 0.25) is 5.02 Å². The van der Waals surface area contributed by atoms with Gasteiger partial charge in [-0.3, -0.25) is 4.79 Å². The largest absolute Gasteiger partial charge is 0.462 e. The van der Waals surface area contributed by atoms with Crippen molar-refractivity contribution in [2.45, 2.75) is 6.92 Å². The Morgan fingerprint density at radius 3 is 2.53 bits per heavy atom. The monoisotopic (exact) mass is 277 g/mol. The molecule has 0 atom stereocenters. The highest BCUT2D eigenvalue weighted by atomic mass is 35.5. The van der Waals surface area contributed by atoms with Crippen LogP contribution in [0.15, 0.2) is 36.5 Å². The van der Waals surface area contributed by atoms with Gasteiger partial charge in [-0.1, -0.05) is 11.6 Å². The smallest absolute Gasteiger partial charge is 0.339 e. The highest BCUT2D eigenvalue weighted by Gasteiger charge is 2.15. The van der Waals surface area contributed by atoms with Crippen LogP contribution in [0.1, 0.15) is 33.3 Å². The van der Waals surface area contributed by atoms with Crippen LogP contribution in [0, 0.1) is 0 Å². The average molecular weight is 278 g/mol. The molecule has 0 spiro atoms. The minimum atomic E-state index is -0.450. The fraction of sp³-hybridized carbons (Fsp3) is 0.143. The maximum absolute atomic E-state index is 12.1. The van der Waals surface area contributed by atoms with Crippen molar-refractivity contribution < 1.29 is 14.3 Å². The fourth-order valence-corrected chi connectivity index (χ4v) is 1.74. The second-order valence-corrected chi connectivity index (χ2v) is 4.29. The molecular formula is C14H12ClNO3. The number of carbonyl (C=O) groups is 2. The van der Waals surface area contributed by atoms with E-state index in [4.69, 9.17) is 16.3 Å². The standard InChI is InChI=1S/C14H12ClNO3/c1-2-19-14(18)10-7-12(16-8-10)13(17)9-3-5-11(15)6-4-9/h3-8,16H,2H2,1H3. The molecule has 5 heteroatoms. The predicted octanol–water partition coefficient (Wildman–Crippen LogP) is 3.08. The van der Waals surface area contributed by atoms with Gasteiger partial charge in [-0.25, -0.2) is 4.79 Å². The van der Waals surface area contributed by atoms with E-state index >= 15 is 0 Å². The van der Waals surface area contributed by atoms with Gasteiger partial charge in [0, 0.05) is 16.8 Å². The van der Waals surface area contributed by atoms with E-state index in [0.717, 1.165) is 0 Å². The SMILES string of the molecule is CCOC(=O)c1c[nH]c(C(=O)c2ccc(Cl)cc2)c1. The third-order valence-corrected chi connectivity index (χ3v) is 2.80. The van der Waals surface area contributed by atoms with E-state index in [2.05, 4.69) is 4.98 Å². The molecule has 0 amide bonds. The van der Waals surface area contributed by atoms with Crippen LogP contribution in [0.25, 0.3) is 0 Å². The summed E-state index contributed by atoms with van der Waals surface area (Å²) in [5, 5.41) is 0.565. The molecule has 1 heterocycles. The number of hydrogen-bond acceptors (Lipinski definition) is 3. The minimum Gasteiger partial charge on any atom is -0.462 e. The van der Waals surface area contributed by atoms with Crippen molar-refractivity contribution in [1.82, 2.24) is 4.98 Å². The van der Waals surface area contributed by atoms with Gasteiger partial charge < -0.3 is 9.72 Å². The Bertz CT molecular complexity index is 601. The van der Waals surface area contributed by atoms with E-state index in [9.17, 15) is 9.59 Å². The normalized spacial score (nSPS) is 10.2. The molecule has 1 N–H and O–H groups in total. The molecule has 2 aromatic rings. The summed E-state index contributed by atoms with van der Waals surface area (Å²) >= 11 is 5.76. The number of nitrogens with one attached hydrogen (secondary N) is 1. The lowest BCUT2D eigenvalue weighted by Gasteiger charge is -1.98. The van der Waals surface area contributed by atoms with Gasteiger partial charge in [0.15, 0.2) is 0 Å². The second-order valence-electron chi connectivity index (χ2n) is 3.86. The zero-order valence-electron chi connectivity index (χ0n) is 10.3. The summed E-state index contributed by atoms with van der Waals surface area (Å²) in [7, 11) is 0. The highest BCUT2D eigenvalue weighted by Crippen LogP contribution is 2.14. The first-order valence-corrected chi connectivity index (χ1v) is 6.15. The van der Waals surface area contributed by atoms with E-state index in [-0.39, 0.29) is 5.78 Å². The number of benzene rings is 1. The first kappa shape index (κ1) is 13.4. The number of aromatic amines is 1. The molecule has 98 valence electrons. The molecule has 0 aliphatic rings. The lowest BCUT2D eigenvalue weighted by molar-refractivity contribution is 0.0526. The Hall–Kier alpha value is -2.07. The summed E-state index contributed by atoms with van der Waals surface area (Å²) in [6.45, 7) is 2.02. The summed E-state index contributed by atoms with van der Waals surface area (Å²) in [5.41, 5.74) is 1.17. The third kappa shape index (κ3) is 3.03. The fourth-order valence-electron chi connectivity index (χ4n) is 1.61. The lowest BCUT2D eigenvalue weighted by atomic mass is 10.1. The molecule has 1 aromatic carbocycles. The summed E-state index contributed by atoms with van der Waals surface area (Å²) < 4.78 is 4.85. The van der Waals surface area contributed by atoms with Crippen LogP contribution in [0.4, 0.5) is 0 Å². The molecule has 0 radical (unpaired) electrons. The molecule has 19 heavy (non-hydrogen) atoms. The van der Waals surface area contributed by atoms with Crippen molar-refractivity contribution in [3.05, 3.63) is 58.4 Å². The number of H-pyrrole nitrogens is 1. The quantitative estimate of drug-likeness (QED) is 0.690. The first-order chi connectivity index (χ1) is 9.11. The Morgan fingerprint density at radius 1 is 1.21 bits per heavy atom. The molecule has 2 rings (SSSR count). The van der Waals surface area contributed by atoms with Gasteiger partial charge in [0.05, 0.1) is 17.9 Å². The van der Waals surface area contributed by atoms with Crippen molar-refractivity contribution in [3.8, 4) is 0 Å². The predicted molar refractivity (Wildman–Crippen MR) is 71.6 cm³/mol. The summed E-state index contributed by atoms with van der Waals surface area (Å²) in [4.78, 5) is 26.4. The maximum Gasteiger partial charge on any atom is 0.339 e. The molecule has 0 saturated heterocycles. The van der Waals surface area contributed by atoms with Gasteiger partial charge in [-0.2, -0.15) is 0 Å². The van der Waals surface area contributed by atoms with E-state index in [1.54, 1.807) is 31.2 Å². The van der Waals surface area contributed by atoms with Crippen molar-refractivity contribution in [2.24, 2.45) is 0 Å². The van der Waals surface area contributed by atoms with Crippen molar-refractivity contribution in [3.63, 3.8) is 0 Å². The third-order valence-electron chi connectivity index (χ3n) is 2.55. The van der Waals surface area contributed by atoms with Crippen LogP contribution in [0.5, 0.6) is 0 Å². The van der Waals surface area contributed by atoms with Crippen LogP contribution in [-0.4, -0.2) is 23.3 Å². The number of carbonyl (C=O) groups excluding carboxylic acids is 2. The molecule has 1 aromatic heterocycles. The van der Waals surface area contributed by atoms with Crippen molar-refractivity contribution in [2.75, 3.05) is 6.61 Å². The molecular weight excluding hydrogens is 266 g/mol. The van der Waals surface area contributed by atoms with Crippen molar-refractivity contribution in [1.29, 1.82) is 0 Å². The number of esters is 1. The van der Waals surface area contributed by atoms with E-state index in [1.807, 2.05) is 0 Å². The highest BCUT2D eigenvalue weighted by molar-refractivity contribution is 6.30. The van der Waals surface area contributed by atoms with Gasteiger partial charge in [0.25, 0.3) is 0 Å². The number of rotatable bonds is 4. The van der Waals surface area contributed by atoms with Crippen LogP contribution < -0.4 is 0 Å². The van der Waals surface area contributed by atoms with E-state index in [1.165, 1.54) is 12.3 Å². The van der Waals surface area contributed by atoms with Gasteiger partial charge in [-0.15, -0.1) is 0 Å². The molecule has 4 nitrogen and oxygen atoms in total. The Balaban J connectivity index is 2.20.